The van der Waals surface area contributed by atoms with E-state index in [1.54, 1.807) is 0 Å². The first kappa shape index (κ1) is 25.4. The van der Waals surface area contributed by atoms with E-state index in [2.05, 4.69) is 118 Å². The van der Waals surface area contributed by atoms with Gasteiger partial charge in [-0.25, -0.2) is 9.97 Å². The highest BCUT2D eigenvalue weighted by atomic mass is 16.3. The Balaban J connectivity index is 1.31. The first-order valence-corrected chi connectivity index (χ1v) is 16.6. The van der Waals surface area contributed by atoms with Crippen LogP contribution in [0.1, 0.15) is 0 Å². The van der Waals surface area contributed by atoms with Crippen LogP contribution in [0.25, 0.3) is 110 Å². The Morgan fingerprint density at radius 2 is 1.02 bits per heavy atom. The van der Waals surface area contributed by atoms with Gasteiger partial charge >= 0.3 is 0 Å². The van der Waals surface area contributed by atoms with Crippen LogP contribution in [0, 0.1) is 0 Å². The molecule has 0 unspecified atom stereocenters. The molecule has 0 saturated carbocycles. The van der Waals surface area contributed by atoms with Crippen molar-refractivity contribution in [1.82, 2.24) is 18.9 Å². The highest BCUT2D eigenvalue weighted by Crippen LogP contribution is 2.45. The molecule has 7 aromatic carbocycles. The van der Waals surface area contributed by atoms with Gasteiger partial charge in [-0.2, -0.15) is 0 Å². The maximum Gasteiger partial charge on any atom is 0.165 e. The zero-order chi connectivity index (χ0) is 31.8. The van der Waals surface area contributed by atoms with E-state index in [-0.39, 0.29) is 0 Å². The maximum atomic E-state index is 6.59. The minimum atomic E-state index is 0.775. The van der Waals surface area contributed by atoms with Gasteiger partial charge in [-0.1, -0.05) is 97.1 Å². The molecule has 0 N–H and O–H groups in total. The molecule has 0 fully saturated rings. The molecule has 0 spiro atoms. The van der Waals surface area contributed by atoms with Crippen LogP contribution >= 0.6 is 0 Å². The van der Waals surface area contributed by atoms with Crippen molar-refractivity contribution in [2.45, 2.75) is 0 Å². The minimum Gasteiger partial charge on any atom is -0.455 e. The third kappa shape index (κ3) is 3.15. The summed E-state index contributed by atoms with van der Waals surface area (Å²) in [5, 5.41) is 9.55. The standard InChI is InChI=1S/C44H24N4O/c1-5-20-34-25(11-1)28-14-7-15-29-27-13-9-21-35-39(27)40-36(47(34)42(28)29)22-10-23-37(40)48(35)44-41(45-32-18-3-4-19-33(32)46-44)31-17-8-16-30-26-12-2-6-24-38(26)49-43(30)31/h1-24H. The SMILES string of the molecule is c1ccc2nc(-n3c4cccc5c6cccc7c8ccccc8n(c8cccc3c8c54)c67)c(-c3cccc4c3oc3ccccc34)nc2c1. The van der Waals surface area contributed by atoms with Gasteiger partial charge in [0.05, 0.1) is 38.6 Å². The molecule has 49 heavy (non-hydrogen) atoms. The van der Waals surface area contributed by atoms with Gasteiger partial charge in [0.25, 0.3) is 0 Å². The number of aromatic nitrogens is 4. The lowest BCUT2D eigenvalue weighted by Gasteiger charge is -2.14. The second kappa shape index (κ2) is 9.00. The molecule has 0 saturated heterocycles. The fourth-order valence-corrected chi connectivity index (χ4v) is 8.48. The summed E-state index contributed by atoms with van der Waals surface area (Å²) in [5.41, 5.74) is 10.8. The van der Waals surface area contributed by atoms with Gasteiger partial charge in [0.2, 0.25) is 0 Å². The first-order chi connectivity index (χ1) is 24.3. The van der Waals surface area contributed by atoms with E-state index in [0.717, 1.165) is 61.1 Å². The van der Waals surface area contributed by atoms with Gasteiger partial charge in [0.1, 0.15) is 16.9 Å². The van der Waals surface area contributed by atoms with Gasteiger partial charge in [-0.05, 0) is 53.9 Å². The zero-order valence-corrected chi connectivity index (χ0v) is 26.1. The molecule has 0 radical (unpaired) electrons. The molecule has 12 aromatic rings. The highest BCUT2D eigenvalue weighted by Gasteiger charge is 2.25. The van der Waals surface area contributed by atoms with E-state index < -0.39 is 0 Å². The quantitative estimate of drug-likeness (QED) is 0.192. The van der Waals surface area contributed by atoms with Crippen LogP contribution in [-0.2, 0) is 0 Å². The Morgan fingerprint density at radius 3 is 1.92 bits per heavy atom. The average Bonchev–Trinajstić information content (AvgIpc) is 3.79. The Kier molecular flexibility index (Phi) is 4.66. The van der Waals surface area contributed by atoms with Crippen molar-refractivity contribution in [3.63, 3.8) is 0 Å². The topological polar surface area (TPSA) is 48.3 Å². The second-order valence-electron chi connectivity index (χ2n) is 12.9. The van der Waals surface area contributed by atoms with E-state index in [1.807, 2.05) is 36.4 Å². The third-order valence-electron chi connectivity index (χ3n) is 10.4. The smallest absolute Gasteiger partial charge is 0.165 e. The lowest BCUT2D eigenvalue weighted by molar-refractivity contribution is 0.669. The molecular weight excluding hydrogens is 601 g/mol. The molecule has 226 valence electrons. The predicted octanol–water partition coefficient (Wildman–Crippen LogP) is 11.4. The Labute approximate surface area is 278 Å². The minimum absolute atomic E-state index is 0.775. The van der Waals surface area contributed by atoms with E-state index >= 15 is 0 Å². The van der Waals surface area contributed by atoms with Gasteiger partial charge in [-0.15, -0.1) is 0 Å². The number of benzene rings is 7. The van der Waals surface area contributed by atoms with Gasteiger partial charge in [-0.3, -0.25) is 4.57 Å². The monoisotopic (exact) mass is 624 g/mol. The number of hydrogen-bond donors (Lipinski definition) is 0. The van der Waals surface area contributed by atoms with Crippen LogP contribution in [0.5, 0.6) is 0 Å². The largest absolute Gasteiger partial charge is 0.455 e. The summed E-state index contributed by atoms with van der Waals surface area (Å²) < 4.78 is 11.4. The van der Waals surface area contributed by atoms with Crippen molar-refractivity contribution in [3.8, 4) is 17.1 Å². The fraction of sp³-hybridized carbons (Fsp3) is 0. The van der Waals surface area contributed by atoms with Crippen LogP contribution in [0.4, 0.5) is 0 Å². The molecule has 0 bridgehead atoms. The molecule has 0 amide bonds. The average molecular weight is 625 g/mol. The van der Waals surface area contributed by atoms with E-state index in [4.69, 9.17) is 14.4 Å². The highest BCUT2D eigenvalue weighted by molar-refractivity contribution is 6.31. The van der Waals surface area contributed by atoms with Crippen molar-refractivity contribution in [2.24, 2.45) is 0 Å². The second-order valence-corrected chi connectivity index (χ2v) is 12.9. The summed E-state index contributed by atoms with van der Waals surface area (Å²) in [6.07, 6.45) is 0. The lowest BCUT2D eigenvalue weighted by Crippen LogP contribution is -2.04. The zero-order valence-electron chi connectivity index (χ0n) is 26.1. The summed E-state index contributed by atoms with van der Waals surface area (Å²) in [7, 11) is 0. The summed E-state index contributed by atoms with van der Waals surface area (Å²) in [6, 6.07) is 51.5. The van der Waals surface area contributed by atoms with Crippen molar-refractivity contribution < 1.29 is 4.42 Å². The lowest BCUT2D eigenvalue weighted by atomic mass is 10.0. The fourth-order valence-electron chi connectivity index (χ4n) is 8.48. The molecule has 0 atom stereocenters. The van der Waals surface area contributed by atoms with Gasteiger partial charge in [0.15, 0.2) is 5.82 Å². The number of fused-ring (bicyclic) bond motifs is 9. The van der Waals surface area contributed by atoms with E-state index in [1.165, 1.54) is 48.9 Å². The molecule has 5 heteroatoms. The Morgan fingerprint density at radius 1 is 0.429 bits per heavy atom. The Bertz CT molecular complexity index is 3340. The molecule has 5 nitrogen and oxygen atoms in total. The molecule has 0 aliphatic carbocycles. The van der Waals surface area contributed by atoms with E-state index in [9.17, 15) is 0 Å². The van der Waals surface area contributed by atoms with Crippen LogP contribution in [0.2, 0.25) is 0 Å². The van der Waals surface area contributed by atoms with Crippen molar-refractivity contribution in [3.05, 3.63) is 146 Å². The predicted molar refractivity (Wildman–Crippen MR) is 201 cm³/mol. The molecule has 5 aromatic heterocycles. The summed E-state index contributed by atoms with van der Waals surface area (Å²) in [4.78, 5) is 10.8. The van der Waals surface area contributed by atoms with Crippen LogP contribution < -0.4 is 0 Å². The number of furan rings is 1. The van der Waals surface area contributed by atoms with Crippen molar-refractivity contribution in [1.29, 1.82) is 0 Å². The van der Waals surface area contributed by atoms with Gasteiger partial charge < -0.3 is 8.82 Å². The van der Waals surface area contributed by atoms with E-state index in [0.29, 0.717) is 0 Å². The number of rotatable bonds is 2. The molecular formula is C44H24N4O. The summed E-state index contributed by atoms with van der Waals surface area (Å²) in [6.45, 7) is 0. The number of para-hydroxylation sites is 6. The van der Waals surface area contributed by atoms with Crippen LogP contribution in [-0.4, -0.2) is 18.9 Å². The number of nitrogens with zero attached hydrogens (tertiary/aromatic N) is 4. The van der Waals surface area contributed by atoms with Crippen molar-refractivity contribution >= 4 is 92.9 Å². The molecule has 0 aliphatic rings. The summed E-state index contributed by atoms with van der Waals surface area (Å²) in [5.74, 6) is 0.775. The summed E-state index contributed by atoms with van der Waals surface area (Å²) >= 11 is 0. The van der Waals surface area contributed by atoms with Crippen LogP contribution in [0.15, 0.2) is 150 Å². The maximum absolute atomic E-state index is 6.59. The third-order valence-corrected chi connectivity index (χ3v) is 10.4. The molecule has 12 rings (SSSR count). The first-order valence-electron chi connectivity index (χ1n) is 16.6. The Hall–Kier alpha value is -6.72. The molecule has 5 heterocycles. The van der Waals surface area contributed by atoms with Crippen molar-refractivity contribution in [2.75, 3.05) is 0 Å². The number of hydrogen-bond acceptors (Lipinski definition) is 3. The van der Waals surface area contributed by atoms with Crippen LogP contribution in [0.3, 0.4) is 0 Å². The normalized spacial score (nSPS) is 12.5. The van der Waals surface area contributed by atoms with Gasteiger partial charge in [0, 0.05) is 43.3 Å². The molecule has 0 aliphatic heterocycles.